The smallest absolute Gasteiger partial charge is 0.0661 e. The molecule has 0 aromatic carbocycles. The van der Waals surface area contributed by atoms with E-state index in [-0.39, 0.29) is 22.9 Å². The van der Waals surface area contributed by atoms with E-state index >= 15 is 0 Å². The predicted octanol–water partition coefficient (Wildman–Crippen LogP) is 4.46. The fourth-order valence-corrected chi connectivity index (χ4v) is 9.21. The number of hydrogen-bond donors (Lipinski definition) is 4. The highest BCUT2D eigenvalue weighted by Crippen LogP contribution is 2.66. The van der Waals surface area contributed by atoms with Gasteiger partial charge in [-0.15, -0.1) is 0 Å². The minimum absolute atomic E-state index is 0.0747. The van der Waals surface area contributed by atoms with E-state index in [4.69, 9.17) is 0 Å². The Morgan fingerprint density at radius 1 is 1.12 bits per heavy atom. The van der Waals surface area contributed by atoms with Crippen LogP contribution in [0.5, 0.6) is 0 Å². The molecular formula is C27H44O4S. The van der Waals surface area contributed by atoms with Crippen LogP contribution in [0.3, 0.4) is 0 Å². The lowest BCUT2D eigenvalue weighted by Gasteiger charge is -2.56. The molecule has 0 bridgehead atoms. The Bertz CT molecular complexity index is 770. The van der Waals surface area contributed by atoms with Crippen molar-refractivity contribution in [3.8, 4) is 0 Å². The van der Waals surface area contributed by atoms with Crippen LogP contribution in [0.15, 0.2) is 23.3 Å². The zero-order valence-electron chi connectivity index (χ0n) is 20.6. The van der Waals surface area contributed by atoms with Gasteiger partial charge in [-0.05, 0) is 75.4 Å². The van der Waals surface area contributed by atoms with Gasteiger partial charge in [-0.3, -0.25) is 0 Å². The molecule has 0 spiro atoms. The molecule has 0 saturated heterocycles. The maximum Gasteiger partial charge on any atom is 0.0661 e. The van der Waals surface area contributed by atoms with Gasteiger partial charge in [-0.25, -0.2) is 0 Å². The Hall–Kier alpha value is -0.330. The zero-order chi connectivity index (χ0) is 23.5. The molecular weight excluding hydrogens is 420 g/mol. The summed E-state index contributed by atoms with van der Waals surface area (Å²) in [4.78, 5) is 0. The Morgan fingerprint density at radius 3 is 2.53 bits per heavy atom. The van der Waals surface area contributed by atoms with E-state index in [2.05, 4.69) is 32.9 Å². The SMILES string of the molecule is CC(SCCCC(C)(C)O)[C@H]1[C@H](O)C[C@H]2C3=CC=C4C[C@@H](O)C[C@H](O)[C@]4(C)[C@H]3CC[C@@]21C. The van der Waals surface area contributed by atoms with Gasteiger partial charge in [0.15, 0.2) is 0 Å². The maximum absolute atomic E-state index is 11.2. The van der Waals surface area contributed by atoms with Gasteiger partial charge < -0.3 is 20.4 Å². The van der Waals surface area contributed by atoms with Gasteiger partial charge in [-0.2, -0.15) is 11.8 Å². The first-order valence-electron chi connectivity index (χ1n) is 12.7. The Kier molecular flexibility index (Phi) is 6.75. The van der Waals surface area contributed by atoms with Crippen LogP contribution in [0.25, 0.3) is 0 Å². The van der Waals surface area contributed by atoms with Crippen molar-refractivity contribution in [3.05, 3.63) is 23.3 Å². The largest absolute Gasteiger partial charge is 0.393 e. The van der Waals surface area contributed by atoms with E-state index in [1.807, 2.05) is 25.6 Å². The van der Waals surface area contributed by atoms with Crippen molar-refractivity contribution in [3.63, 3.8) is 0 Å². The molecule has 9 atom stereocenters. The third-order valence-corrected chi connectivity index (χ3v) is 10.9. The van der Waals surface area contributed by atoms with Crippen LogP contribution in [0.2, 0.25) is 0 Å². The first-order valence-corrected chi connectivity index (χ1v) is 13.7. The van der Waals surface area contributed by atoms with Crippen LogP contribution in [-0.2, 0) is 0 Å². The molecule has 0 radical (unpaired) electrons. The summed E-state index contributed by atoms with van der Waals surface area (Å²) in [6.07, 6.45) is 9.07. The topological polar surface area (TPSA) is 80.9 Å². The lowest BCUT2D eigenvalue weighted by molar-refractivity contribution is -0.0534. The molecule has 0 amide bonds. The van der Waals surface area contributed by atoms with Crippen LogP contribution in [0.4, 0.5) is 0 Å². The lowest BCUT2D eigenvalue weighted by Crippen LogP contribution is -2.52. The molecule has 0 aromatic heterocycles. The number of aliphatic hydroxyl groups is 4. The molecule has 1 unspecified atom stereocenters. The number of fused-ring (bicyclic) bond motifs is 5. The fraction of sp³-hybridized carbons (Fsp3) is 0.852. The van der Waals surface area contributed by atoms with Gasteiger partial charge in [0, 0.05) is 23.0 Å². The van der Waals surface area contributed by atoms with E-state index in [9.17, 15) is 20.4 Å². The second kappa shape index (κ2) is 8.71. The highest BCUT2D eigenvalue weighted by atomic mass is 32.2. The average Bonchev–Trinajstić information content (AvgIpc) is 2.96. The predicted molar refractivity (Wildman–Crippen MR) is 131 cm³/mol. The summed E-state index contributed by atoms with van der Waals surface area (Å²) in [5.41, 5.74) is 1.81. The van der Waals surface area contributed by atoms with E-state index in [1.165, 1.54) is 11.1 Å². The summed E-state index contributed by atoms with van der Waals surface area (Å²) in [6.45, 7) is 10.6. The summed E-state index contributed by atoms with van der Waals surface area (Å²) in [6, 6.07) is 0. The van der Waals surface area contributed by atoms with Crippen LogP contribution >= 0.6 is 11.8 Å². The number of allylic oxidation sites excluding steroid dienone is 3. The van der Waals surface area contributed by atoms with Gasteiger partial charge in [0.25, 0.3) is 0 Å². The molecule has 4 nitrogen and oxygen atoms in total. The van der Waals surface area contributed by atoms with Crippen molar-refractivity contribution < 1.29 is 20.4 Å². The van der Waals surface area contributed by atoms with Crippen molar-refractivity contribution in [1.29, 1.82) is 0 Å². The number of thioether (sulfide) groups is 1. The second-order valence-corrected chi connectivity index (χ2v) is 13.7. The first kappa shape index (κ1) is 24.8. The van der Waals surface area contributed by atoms with E-state index < -0.39 is 17.8 Å². The molecule has 32 heavy (non-hydrogen) atoms. The number of rotatable bonds is 6. The van der Waals surface area contributed by atoms with E-state index in [0.717, 1.165) is 37.9 Å². The van der Waals surface area contributed by atoms with Crippen LogP contribution < -0.4 is 0 Å². The van der Waals surface area contributed by atoms with Gasteiger partial charge in [0.1, 0.15) is 0 Å². The van der Waals surface area contributed by atoms with Crippen LogP contribution in [0, 0.1) is 28.6 Å². The molecule has 182 valence electrons. The molecule has 4 N–H and O–H groups in total. The quantitative estimate of drug-likeness (QED) is 0.436. The number of aliphatic hydroxyl groups excluding tert-OH is 3. The fourth-order valence-electron chi connectivity index (χ4n) is 7.83. The van der Waals surface area contributed by atoms with Gasteiger partial charge in [0.05, 0.1) is 23.9 Å². The van der Waals surface area contributed by atoms with Crippen molar-refractivity contribution in [2.24, 2.45) is 28.6 Å². The summed E-state index contributed by atoms with van der Waals surface area (Å²) in [5.74, 6) is 1.94. The average molecular weight is 465 g/mol. The Balaban J connectivity index is 1.52. The highest BCUT2D eigenvalue weighted by Gasteiger charge is 2.61. The number of hydrogen-bond acceptors (Lipinski definition) is 5. The zero-order valence-corrected chi connectivity index (χ0v) is 21.4. The highest BCUT2D eigenvalue weighted by molar-refractivity contribution is 7.99. The van der Waals surface area contributed by atoms with Crippen molar-refractivity contribution >= 4 is 11.8 Å². The van der Waals surface area contributed by atoms with Gasteiger partial charge >= 0.3 is 0 Å². The Labute approximate surface area is 198 Å². The summed E-state index contributed by atoms with van der Waals surface area (Å²) < 4.78 is 0. The normalized spacial score (nSPS) is 44.8. The molecule has 4 aliphatic carbocycles. The molecule has 0 aliphatic heterocycles. The van der Waals surface area contributed by atoms with E-state index in [1.54, 1.807) is 0 Å². The van der Waals surface area contributed by atoms with Crippen molar-refractivity contribution in [1.82, 2.24) is 0 Å². The van der Waals surface area contributed by atoms with E-state index in [0.29, 0.717) is 29.9 Å². The molecule has 3 fully saturated rings. The standard InChI is InChI=1S/C27H44O4S/c1-16(32-12-6-10-25(2,3)31)24-22(29)15-21-19-8-7-17-13-18(28)14-23(30)27(17,5)20(19)9-11-26(21,24)4/h7-8,16,18,20-24,28-31H,6,9-15H2,1-5H3/t16?,18-,20+,21+,22-,23+,24+,26+,27+/m1/s1. The minimum Gasteiger partial charge on any atom is -0.393 e. The second-order valence-electron chi connectivity index (χ2n) is 12.2. The van der Waals surface area contributed by atoms with Crippen LogP contribution in [0.1, 0.15) is 79.6 Å². The minimum atomic E-state index is -0.609. The summed E-state index contributed by atoms with van der Waals surface area (Å²) in [7, 11) is 0. The molecule has 0 heterocycles. The van der Waals surface area contributed by atoms with Crippen LogP contribution in [-0.4, -0.2) is 55.3 Å². The monoisotopic (exact) mass is 464 g/mol. The molecule has 4 aliphatic rings. The molecule has 5 heteroatoms. The van der Waals surface area contributed by atoms with Gasteiger partial charge in [-0.1, -0.05) is 44.1 Å². The molecule has 3 saturated carbocycles. The summed E-state index contributed by atoms with van der Waals surface area (Å²) >= 11 is 1.95. The third kappa shape index (κ3) is 4.15. The Morgan fingerprint density at radius 2 is 1.84 bits per heavy atom. The van der Waals surface area contributed by atoms with Gasteiger partial charge in [0.2, 0.25) is 0 Å². The molecule has 0 aromatic rings. The lowest BCUT2D eigenvalue weighted by atomic mass is 9.49. The van der Waals surface area contributed by atoms with Crippen molar-refractivity contribution in [2.75, 3.05) is 5.75 Å². The summed E-state index contributed by atoms with van der Waals surface area (Å²) in [5, 5.41) is 42.9. The van der Waals surface area contributed by atoms with Crippen molar-refractivity contribution in [2.45, 2.75) is 109 Å². The first-order chi connectivity index (χ1) is 14.9. The maximum atomic E-state index is 11.2. The third-order valence-electron chi connectivity index (χ3n) is 9.58. The molecule has 4 rings (SSSR count).